The molecule has 0 bridgehead atoms. The van der Waals surface area contributed by atoms with Crippen LogP contribution < -0.4 is 4.74 Å². The molecular formula is C23H30N4O3. The summed E-state index contributed by atoms with van der Waals surface area (Å²) in [4.78, 5) is 14.9. The number of aromatic nitrogens is 3. The lowest BCUT2D eigenvalue weighted by atomic mass is 9.77. The van der Waals surface area contributed by atoms with Crippen LogP contribution >= 0.6 is 0 Å². The lowest BCUT2D eigenvalue weighted by Gasteiger charge is -2.36. The molecule has 2 saturated carbocycles. The summed E-state index contributed by atoms with van der Waals surface area (Å²) in [6, 6.07) is 8.01. The number of methoxy groups -OCH3 is 2. The molecule has 2 heterocycles. The Morgan fingerprint density at radius 3 is 2.43 bits per heavy atom. The van der Waals surface area contributed by atoms with Crippen LogP contribution in [-0.4, -0.2) is 59.2 Å². The normalized spacial score (nSPS) is 28.8. The number of nitrogens with zero attached hydrogens (tertiary/aromatic N) is 4. The molecule has 1 aromatic heterocycles. The fourth-order valence-electron chi connectivity index (χ4n) is 5.35. The summed E-state index contributed by atoms with van der Waals surface area (Å²) in [5, 5.41) is 8.86. The van der Waals surface area contributed by atoms with Gasteiger partial charge >= 0.3 is 0 Å². The first-order chi connectivity index (χ1) is 14.7. The molecule has 0 unspecified atom stereocenters. The molecule has 0 radical (unpaired) electrons. The molecule has 2 aliphatic carbocycles. The van der Waals surface area contributed by atoms with Crippen LogP contribution in [0.4, 0.5) is 0 Å². The predicted molar refractivity (Wildman–Crippen MR) is 112 cm³/mol. The molecule has 3 aliphatic rings. The molecule has 5 rings (SSSR count). The molecule has 0 spiro atoms. The maximum absolute atomic E-state index is 12.7. The zero-order valence-corrected chi connectivity index (χ0v) is 17.7. The summed E-state index contributed by atoms with van der Waals surface area (Å²) in [6.45, 7) is 1.77. The highest BCUT2D eigenvalue weighted by Gasteiger charge is 2.45. The summed E-state index contributed by atoms with van der Waals surface area (Å²) in [7, 11) is 3.45. The van der Waals surface area contributed by atoms with Crippen molar-refractivity contribution >= 4 is 5.91 Å². The van der Waals surface area contributed by atoms with Gasteiger partial charge in [0, 0.05) is 31.7 Å². The highest BCUT2D eigenvalue weighted by molar-refractivity contribution is 5.79. The number of hydrogen-bond donors (Lipinski definition) is 0. The average molecular weight is 411 g/mol. The molecular weight excluding hydrogens is 380 g/mol. The molecule has 1 saturated heterocycles. The zero-order valence-electron chi connectivity index (χ0n) is 17.7. The second kappa shape index (κ2) is 8.02. The first kappa shape index (κ1) is 19.5. The number of amides is 1. The first-order valence-electron chi connectivity index (χ1n) is 11.0. The van der Waals surface area contributed by atoms with Gasteiger partial charge in [0.1, 0.15) is 11.4 Å². The minimum atomic E-state index is 0.0930. The number of carbonyl (C=O) groups is 1. The molecule has 3 fully saturated rings. The Labute approximate surface area is 177 Å². The molecule has 0 N–H and O–H groups in total. The van der Waals surface area contributed by atoms with Crippen molar-refractivity contribution in [2.45, 2.75) is 44.2 Å². The van der Waals surface area contributed by atoms with E-state index in [2.05, 4.69) is 15.2 Å². The van der Waals surface area contributed by atoms with Crippen LogP contribution in [-0.2, 0) is 9.53 Å². The van der Waals surface area contributed by atoms with Crippen LogP contribution in [0, 0.1) is 17.8 Å². The molecule has 160 valence electrons. The molecule has 7 nitrogen and oxygen atoms in total. The predicted octanol–water partition coefficient (Wildman–Crippen LogP) is 3.18. The fourth-order valence-corrected chi connectivity index (χ4v) is 5.35. The number of carbonyl (C=O) groups excluding carboxylic acids is 1. The Hall–Kier alpha value is -2.41. The Morgan fingerprint density at radius 2 is 1.80 bits per heavy atom. The smallest absolute Gasteiger partial charge is 0.225 e. The van der Waals surface area contributed by atoms with Gasteiger partial charge in [0.15, 0.2) is 0 Å². The van der Waals surface area contributed by atoms with Gasteiger partial charge in [0.05, 0.1) is 25.5 Å². The van der Waals surface area contributed by atoms with E-state index >= 15 is 0 Å². The fraction of sp³-hybridized carbons (Fsp3) is 0.609. The van der Waals surface area contributed by atoms with Crippen LogP contribution in [0.1, 0.15) is 38.1 Å². The molecule has 4 atom stereocenters. The number of benzene rings is 1. The number of rotatable bonds is 5. The minimum Gasteiger partial charge on any atom is -0.497 e. The number of hydrogen-bond acceptors (Lipinski definition) is 5. The van der Waals surface area contributed by atoms with Crippen molar-refractivity contribution in [1.29, 1.82) is 0 Å². The van der Waals surface area contributed by atoms with E-state index < -0.39 is 0 Å². The van der Waals surface area contributed by atoms with E-state index in [1.165, 1.54) is 6.42 Å². The van der Waals surface area contributed by atoms with Crippen LogP contribution in [0.25, 0.3) is 11.3 Å². The van der Waals surface area contributed by atoms with Gasteiger partial charge in [-0.25, -0.2) is 4.68 Å². The van der Waals surface area contributed by atoms with Crippen molar-refractivity contribution in [2.75, 3.05) is 27.3 Å². The summed E-state index contributed by atoms with van der Waals surface area (Å²) in [5.41, 5.74) is 1.87. The SMILES string of the molecule is COc1ccc(-c2cn([C@@H]3C[C@@H]4CN(C(=O)C5CCC5)C[C@@H]4C[C@H]3OC)nn2)cc1. The van der Waals surface area contributed by atoms with Crippen molar-refractivity contribution in [3.05, 3.63) is 30.5 Å². The van der Waals surface area contributed by atoms with Gasteiger partial charge in [-0.15, -0.1) is 5.10 Å². The third kappa shape index (κ3) is 3.49. The van der Waals surface area contributed by atoms with E-state index in [1.54, 1.807) is 14.2 Å². The van der Waals surface area contributed by atoms with Gasteiger partial charge in [-0.05, 0) is 61.8 Å². The number of fused-ring (bicyclic) bond motifs is 1. The number of likely N-dealkylation sites (tertiary alicyclic amines) is 1. The van der Waals surface area contributed by atoms with Crippen molar-refractivity contribution in [3.63, 3.8) is 0 Å². The van der Waals surface area contributed by atoms with E-state index in [4.69, 9.17) is 9.47 Å². The molecule has 2 aromatic rings. The van der Waals surface area contributed by atoms with Crippen molar-refractivity contribution in [1.82, 2.24) is 19.9 Å². The van der Waals surface area contributed by atoms with Gasteiger partial charge < -0.3 is 14.4 Å². The summed E-state index contributed by atoms with van der Waals surface area (Å²) >= 11 is 0. The maximum atomic E-state index is 12.7. The van der Waals surface area contributed by atoms with E-state index in [0.717, 1.165) is 55.8 Å². The third-order valence-electron chi connectivity index (χ3n) is 7.39. The summed E-state index contributed by atoms with van der Waals surface area (Å²) < 4.78 is 13.1. The van der Waals surface area contributed by atoms with Crippen molar-refractivity contribution in [3.8, 4) is 17.0 Å². The Kier molecular flexibility index (Phi) is 5.23. The lowest BCUT2D eigenvalue weighted by molar-refractivity contribution is -0.137. The molecule has 7 heteroatoms. The van der Waals surface area contributed by atoms with E-state index in [1.807, 2.05) is 35.1 Å². The summed E-state index contributed by atoms with van der Waals surface area (Å²) in [5.74, 6) is 2.52. The summed E-state index contributed by atoms with van der Waals surface area (Å²) in [6.07, 6.45) is 7.40. The quantitative estimate of drug-likeness (QED) is 0.757. The highest BCUT2D eigenvalue weighted by atomic mass is 16.5. The van der Waals surface area contributed by atoms with Gasteiger partial charge in [-0.3, -0.25) is 4.79 Å². The number of ether oxygens (including phenoxy) is 2. The van der Waals surface area contributed by atoms with E-state index in [9.17, 15) is 4.79 Å². The Balaban J connectivity index is 1.31. The second-order valence-electron chi connectivity index (χ2n) is 9.02. The van der Waals surface area contributed by atoms with Crippen LogP contribution in [0.2, 0.25) is 0 Å². The monoisotopic (exact) mass is 410 g/mol. The zero-order chi connectivity index (χ0) is 20.7. The van der Waals surface area contributed by atoms with E-state index in [-0.39, 0.29) is 18.1 Å². The largest absolute Gasteiger partial charge is 0.497 e. The first-order valence-corrected chi connectivity index (χ1v) is 11.0. The average Bonchev–Trinajstić information content (AvgIpc) is 3.38. The Morgan fingerprint density at radius 1 is 1.07 bits per heavy atom. The molecule has 30 heavy (non-hydrogen) atoms. The standard InChI is InChI=1S/C23H30N4O3/c1-29-19-8-6-15(7-9-19)20-14-27(25-24-20)21-10-17-12-26(23(28)16-4-3-5-16)13-18(17)11-22(21)30-2/h6-9,14,16-18,21-22H,3-5,10-13H2,1-2H3/t17-,18+,21-,22-/m1/s1. The van der Waals surface area contributed by atoms with E-state index in [0.29, 0.717) is 17.7 Å². The third-order valence-corrected chi connectivity index (χ3v) is 7.39. The van der Waals surface area contributed by atoms with Crippen LogP contribution in [0.15, 0.2) is 30.5 Å². The molecule has 1 aromatic carbocycles. The molecule has 1 amide bonds. The van der Waals surface area contributed by atoms with Gasteiger partial charge in [-0.2, -0.15) is 0 Å². The van der Waals surface area contributed by atoms with Crippen molar-refractivity contribution < 1.29 is 14.3 Å². The minimum absolute atomic E-state index is 0.0930. The maximum Gasteiger partial charge on any atom is 0.225 e. The van der Waals surface area contributed by atoms with Crippen molar-refractivity contribution in [2.24, 2.45) is 17.8 Å². The second-order valence-corrected chi connectivity index (χ2v) is 9.02. The van der Waals surface area contributed by atoms with Gasteiger partial charge in [-0.1, -0.05) is 11.6 Å². The van der Waals surface area contributed by atoms with Gasteiger partial charge in [0.25, 0.3) is 0 Å². The highest BCUT2D eigenvalue weighted by Crippen LogP contribution is 2.43. The lowest BCUT2D eigenvalue weighted by Crippen LogP contribution is -2.37. The molecule has 1 aliphatic heterocycles. The topological polar surface area (TPSA) is 69.5 Å². The van der Waals surface area contributed by atoms with Gasteiger partial charge in [0.2, 0.25) is 5.91 Å². The Bertz CT molecular complexity index is 892. The van der Waals surface area contributed by atoms with Crippen LogP contribution in [0.5, 0.6) is 5.75 Å². The van der Waals surface area contributed by atoms with Crippen LogP contribution in [0.3, 0.4) is 0 Å².